The molecule has 0 aromatic heterocycles. The Labute approximate surface area is 158 Å². The lowest BCUT2D eigenvalue weighted by Crippen LogP contribution is -2.26. The predicted octanol–water partition coefficient (Wildman–Crippen LogP) is 4.99. The van der Waals surface area contributed by atoms with E-state index in [4.69, 9.17) is 16.3 Å². The Hall–Kier alpha value is -2.54. The topological polar surface area (TPSA) is 55.4 Å². The molecule has 1 saturated carbocycles. The molecular weight excluding hydrogens is 383 g/mol. The van der Waals surface area contributed by atoms with Crippen LogP contribution < -0.4 is 5.32 Å². The molecule has 1 atom stereocenters. The summed E-state index contributed by atoms with van der Waals surface area (Å²) in [5.74, 6) is -1.52. The first kappa shape index (κ1) is 19.2. The fourth-order valence-corrected chi connectivity index (χ4v) is 2.59. The largest absolute Gasteiger partial charge is 0.447 e. The predicted molar refractivity (Wildman–Crippen MR) is 93.1 cm³/mol. The summed E-state index contributed by atoms with van der Waals surface area (Å²) in [6, 6.07) is 10.9. The van der Waals surface area contributed by atoms with E-state index < -0.39 is 29.7 Å². The summed E-state index contributed by atoms with van der Waals surface area (Å²) in [6.45, 7) is 0. The molecule has 27 heavy (non-hydrogen) atoms. The van der Waals surface area contributed by atoms with Crippen LogP contribution >= 0.6 is 11.6 Å². The van der Waals surface area contributed by atoms with Crippen molar-refractivity contribution in [2.75, 3.05) is 5.32 Å². The van der Waals surface area contributed by atoms with Gasteiger partial charge in [-0.15, -0.1) is 0 Å². The summed E-state index contributed by atoms with van der Waals surface area (Å²) in [7, 11) is 0. The van der Waals surface area contributed by atoms with Crippen molar-refractivity contribution in [1.29, 1.82) is 0 Å². The fraction of sp³-hybridized carbons (Fsp3) is 0.263. The second-order valence-corrected chi connectivity index (χ2v) is 6.59. The Morgan fingerprint density at radius 1 is 1.11 bits per heavy atom. The number of ether oxygens (including phenoxy) is 1. The number of rotatable bonds is 5. The minimum Gasteiger partial charge on any atom is -0.447 e. The molecule has 0 aliphatic heterocycles. The minimum absolute atomic E-state index is 0.0586. The van der Waals surface area contributed by atoms with Crippen LogP contribution in [0.5, 0.6) is 0 Å². The first-order chi connectivity index (χ1) is 12.8. The van der Waals surface area contributed by atoms with Gasteiger partial charge < -0.3 is 10.1 Å². The number of carbonyl (C=O) groups is 2. The number of hydrogen-bond donors (Lipinski definition) is 1. The Bertz CT molecular complexity index is 851. The molecule has 0 bridgehead atoms. The van der Waals surface area contributed by atoms with E-state index in [0.29, 0.717) is 18.4 Å². The minimum atomic E-state index is -4.58. The maximum atomic E-state index is 12.9. The number of amides is 1. The zero-order valence-corrected chi connectivity index (χ0v) is 14.7. The maximum absolute atomic E-state index is 12.9. The Balaban J connectivity index is 1.85. The van der Waals surface area contributed by atoms with E-state index in [0.717, 1.165) is 18.2 Å². The molecule has 142 valence electrons. The van der Waals surface area contributed by atoms with Crippen molar-refractivity contribution in [1.82, 2.24) is 0 Å². The summed E-state index contributed by atoms with van der Waals surface area (Å²) >= 11 is 5.92. The van der Waals surface area contributed by atoms with E-state index in [1.54, 1.807) is 30.3 Å². The van der Waals surface area contributed by atoms with Gasteiger partial charge in [-0.2, -0.15) is 13.2 Å². The lowest BCUT2D eigenvalue weighted by atomic mass is 10.1. The van der Waals surface area contributed by atoms with Crippen LogP contribution in [0.4, 0.5) is 18.9 Å². The second-order valence-electron chi connectivity index (χ2n) is 6.18. The van der Waals surface area contributed by atoms with Crippen molar-refractivity contribution in [2.24, 2.45) is 5.92 Å². The average Bonchev–Trinajstić information content (AvgIpc) is 3.46. The molecule has 1 aliphatic rings. The third-order valence-corrected chi connectivity index (χ3v) is 4.37. The van der Waals surface area contributed by atoms with Gasteiger partial charge in [-0.3, -0.25) is 9.59 Å². The van der Waals surface area contributed by atoms with E-state index in [9.17, 15) is 22.8 Å². The summed E-state index contributed by atoms with van der Waals surface area (Å²) in [5.41, 5.74) is -0.750. The molecule has 8 heteroatoms. The van der Waals surface area contributed by atoms with Gasteiger partial charge in [0.15, 0.2) is 0 Å². The third-order valence-electron chi connectivity index (χ3n) is 4.04. The van der Waals surface area contributed by atoms with Crippen LogP contribution in [0.15, 0.2) is 48.5 Å². The number of nitrogens with one attached hydrogen (secondary N) is 1. The summed E-state index contributed by atoms with van der Waals surface area (Å²) < 4.78 is 44.0. The molecule has 1 amide bonds. The molecule has 0 radical (unpaired) electrons. The summed E-state index contributed by atoms with van der Waals surface area (Å²) in [4.78, 5) is 24.7. The van der Waals surface area contributed by atoms with Crippen LogP contribution in [0, 0.1) is 5.92 Å². The molecule has 2 aromatic rings. The summed E-state index contributed by atoms with van der Waals surface area (Å²) in [6.07, 6.45) is -4.48. The van der Waals surface area contributed by atoms with Crippen LogP contribution in [0.25, 0.3) is 0 Å². The van der Waals surface area contributed by atoms with E-state index >= 15 is 0 Å². The quantitative estimate of drug-likeness (QED) is 0.723. The van der Waals surface area contributed by atoms with Gasteiger partial charge in [-0.05, 0) is 31.0 Å². The van der Waals surface area contributed by atoms with E-state index in [-0.39, 0.29) is 16.6 Å². The van der Waals surface area contributed by atoms with Gasteiger partial charge in [0.2, 0.25) is 6.10 Å². The Morgan fingerprint density at radius 2 is 1.78 bits per heavy atom. The van der Waals surface area contributed by atoms with Crippen LogP contribution in [0.1, 0.15) is 30.1 Å². The standard InChI is InChI=1S/C19H15ClF3NO3/c20-14-9-8-13(19(21,22)23)10-15(14)24-17(25)16(11-4-2-1-3-5-11)27-18(26)12-6-7-12/h1-5,8-10,12,16H,6-7H2,(H,24,25)/t16-/m0/s1. The average molecular weight is 398 g/mol. The van der Waals surface area contributed by atoms with Crippen LogP contribution in [0.3, 0.4) is 0 Å². The fourth-order valence-electron chi connectivity index (χ4n) is 2.43. The van der Waals surface area contributed by atoms with E-state index in [1.807, 2.05) is 0 Å². The van der Waals surface area contributed by atoms with E-state index in [1.165, 1.54) is 0 Å². The van der Waals surface area contributed by atoms with E-state index in [2.05, 4.69) is 5.32 Å². The molecule has 4 nitrogen and oxygen atoms in total. The van der Waals surface area contributed by atoms with Crippen LogP contribution in [-0.2, 0) is 20.5 Å². The number of anilines is 1. The monoisotopic (exact) mass is 397 g/mol. The smallest absolute Gasteiger partial charge is 0.416 e. The molecule has 0 spiro atoms. The van der Waals surface area contributed by atoms with Gasteiger partial charge >= 0.3 is 12.1 Å². The van der Waals surface area contributed by atoms with Gasteiger partial charge in [0.1, 0.15) is 0 Å². The molecule has 3 rings (SSSR count). The van der Waals surface area contributed by atoms with Gasteiger partial charge in [0, 0.05) is 5.56 Å². The maximum Gasteiger partial charge on any atom is 0.416 e. The normalized spacial score (nSPS) is 15.1. The lowest BCUT2D eigenvalue weighted by Gasteiger charge is -2.19. The Kier molecular flexibility index (Phi) is 5.41. The second kappa shape index (κ2) is 7.60. The van der Waals surface area contributed by atoms with Crippen LogP contribution in [0.2, 0.25) is 5.02 Å². The Morgan fingerprint density at radius 3 is 2.37 bits per heavy atom. The molecule has 2 aromatic carbocycles. The van der Waals surface area contributed by atoms with Crippen LogP contribution in [-0.4, -0.2) is 11.9 Å². The molecule has 1 aliphatic carbocycles. The molecular formula is C19H15ClF3NO3. The number of benzene rings is 2. The molecule has 1 fully saturated rings. The highest BCUT2D eigenvalue weighted by molar-refractivity contribution is 6.33. The zero-order chi connectivity index (χ0) is 19.6. The lowest BCUT2D eigenvalue weighted by molar-refractivity contribution is -0.156. The summed E-state index contributed by atoms with van der Waals surface area (Å²) in [5, 5.41) is 2.28. The molecule has 1 N–H and O–H groups in total. The zero-order valence-electron chi connectivity index (χ0n) is 13.9. The highest BCUT2D eigenvalue weighted by Crippen LogP contribution is 2.35. The van der Waals surface area contributed by atoms with Crippen molar-refractivity contribution in [3.63, 3.8) is 0 Å². The van der Waals surface area contributed by atoms with Crippen molar-refractivity contribution in [3.05, 3.63) is 64.7 Å². The van der Waals surface area contributed by atoms with Gasteiger partial charge in [0.25, 0.3) is 5.91 Å². The number of alkyl halides is 3. The molecule has 0 unspecified atom stereocenters. The first-order valence-corrected chi connectivity index (χ1v) is 8.56. The highest BCUT2D eigenvalue weighted by atomic mass is 35.5. The van der Waals surface area contributed by atoms with Crippen molar-refractivity contribution in [3.8, 4) is 0 Å². The highest BCUT2D eigenvalue weighted by Gasteiger charge is 2.36. The van der Waals surface area contributed by atoms with Gasteiger partial charge in [-0.25, -0.2) is 0 Å². The number of hydrogen-bond acceptors (Lipinski definition) is 3. The molecule has 0 heterocycles. The molecule has 0 saturated heterocycles. The number of halogens is 4. The van der Waals surface area contributed by atoms with Crippen molar-refractivity contribution in [2.45, 2.75) is 25.1 Å². The third kappa shape index (κ3) is 4.80. The van der Waals surface area contributed by atoms with Gasteiger partial charge in [0.05, 0.1) is 22.2 Å². The van der Waals surface area contributed by atoms with Crippen molar-refractivity contribution >= 4 is 29.2 Å². The van der Waals surface area contributed by atoms with Crippen molar-refractivity contribution < 1.29 is 27.5 Å². The van der Waals surface area contributed by atoms with Gasteiger partial charge in [-0.1, -0.05) is 41.9 Å². The number of esters is 1. The first-order valence-electron chi connectivity index (χ1n) is 8.19. The SMILES string of the molecule is O=C(O[C@H](C(=O)Nc1cc(C(F)(F)F)ccc1Cl)c1ccccc1)C1CC1. The number of carbonyl (C=O) groups excluding carboxylic acids is 2.